The minimum atomic E-state index is -0.745. The Hall–Kier alpha value is -0.650. The molecule has 19 heavy (non-hydrogen) atoms. The van der Waals surface area contributed by atoms with E-state index in [4.69, 9.17) is 10.5 Å². The van der Waals surface area contributed by atoms with Crippen LogP contribution in [0, 0.1) is 0 Å². The highest BCUT2D eigenvalue weighted by atomic mass is 16.5. The van der Waals surface area contributed by atoms with Crippen molar-refractivity contribution in [1.82, 2.24) is 10.2 Å². The van der Waals surface area contributed by atoms with Crippen LogP contribution >= 0.6 is 0 Å². The number of carbonyl (C=O) groups is 1. The molecule has 1 amide bonds. The first-order chi connectivity index (χ1) is 9.01. The first kappa shape index (κ1) is 16.4. The van der Waals surface area contributed by atoms with Crippen LogP contribution in [-0.4, -0.2) is 55.7 Å². The van der Waals surface area contributed by atoms with Gasteiger partial charge < -0.3 is 15.8 Å². The van der Waals surface area contributed by atoms with E-state index in [0.29, 0.717) is 12.6 Å². The molecule has 2 atom stereocenters. The molecular formula is C14H29N3O2. The predicted octanol–water partition coefficient (Wildman–Crippen LogP) is 0.731. The molecule has 3 N–H and O–H groups in total. The van der Waals surface area contributed by atoms with Crippen molar-refractivity contribution in [2.24, 2.45) is 5.73 Å². The number of hydrogen-bond donors (Lipinski definition) is 2. The minimum Gasteiger partial charge on any atom is -0.383 e. The molecule has 1 aliphatic heterocycles. The van der Waals surface area contributed by atoms with E-state index in [2.05, 4.69) is 10.2 Å². The Kier molecular flexibility index (Phi) is 6.75. The summed E-state index contributed by atoms with van der Waals surface area (Å²) in [6.45, 7) is 7.32. The lowest BCUT2D eigenvalue weighted by Crippen LogP contribution is -2.53. The fourth-order valence-corrected chi connectivity index (χ4v) is 2.67. The van der Waals surface area contributed by atoms with E-state index >= 15 is 0 Å². The first-order valence-corrected chi connectivity index (χ1v) is 7.31. The highest BCUT2D eigenvalue weighted by Crippen LogP contribution is 2.16. The highest BCUT2D eigenvalue weighted by molar-refractivity contribution is 5.85. The number of hydrogen-bond acceptors (Lipinski definition) is 4. The third-order valence-corrected chi connectivity index (χ3v) is 3.87. The molecule has 1 rings (SSSR count). The van der Waals surface area contributed by atoms with Crippen molar-refractivity contribution in [3.63, 3.8) is 0 Å². The zero-order chi connectivity index (χ0) is 14.3. The van der Waals surface area contributed by atoms with E-state index in [1.54, 1.807) is 7.11 Å². The normalized spacial score (nSPS) is 23.3. The SMILES string of the molecule is CCCC(C)(N)C(=O)NCC1CCCN1CCOC. The van der Waals surface area contributed by atoms with Gasteiger partial charge in [-0.15, -0.1) is 0 Å². The Balaban J connectivity index is 2.36. The molecule has 1 aliphatic rings. The third kappa shape index (κ3) is 5.09. The van der Waals surface area contributed by atoms with Gasteiger partial charge in [0, 0.05) is 26.2 Å². The lowest BCUT2D eigenvalue weighted by molar-refractivity contribution is -0.126. The Bertz CT molecular complexity index is 282. The molecule has 5 nitrogen and oxygen atoms in total. The van der Waals surface area contributed by atoms with Crippen LogP contribution in [-0.2, 0) is 9.53 Å². The lowest BCUT2D eigenvalue weighted by Gasteiger charge is -2.27. The second kappa shape index (κ2) is 7.82. The molecule has 0 aromatic carbocycles. The molecule has 0 radical (unpaired) electrons. The summed E-state index contributed by atoms with van der Waals surface area (Å²) < 4.78 is 5.11. The smallest absolute Gasteiger partial charge is 0.239 e. The van der Waals surface area contributed by atoms with Gasteiger partial charge in [-0.25, -0.2) is 0 Å². The number of carbonyl (C=O) groups excluding carboxylic acids is 1. The maximum Gasteiger partial charge on any atom is 0.239 e. The van der Waals surface area contributed by atoms with Crippen LogP contribution in [0.5, 0.6) is 0 Å². The minimum absolute atomic E-state index is 0.0343. The molecule has 5 heteroatoms. The van der Waals surface area contributed by atoms with Gasteiger partial charge in [-0.3, -0.25) is 9.69 Å². The molecule has 0 spiro atoms. The Morgan fingerprint density at radius 1 is 1.58 bits per heavy atom. The van der Waals surface area contributed by atoms with Gasteiger partial charge in [0.1, 0.15) is 0 Å². The standard InChI is InChI=1S/C14H29N3O2/c1-4-7-14(2,15)13(18)16-11-12-6-5-8-17(12)9-10-19-3/h12H,4-11,15H2,1-3H3,(H,16,18). The van der Waals surface area contributed by atoms with Crippen LogP contribution in [0.2, 0.25) is 0 Å². The molecule has 0 aliphatic carbocycles. The fourth-order valence-electron chi connectivity index (χ4n) is 2.67. The van der Waals surface area contributed by atoms with Gasteiger partial charge in [0.25, 0.3) is 0 Å². The zero-order valence-electron chi connectivity index (χ0n) is 12.6. The lowest BCUT2D eigenvalue weighted by atomic mass is 9.96. The molecule has 1 saturated heterocycles. The summed E-state index contributed by atoms with van der Waals surface area (Å²) in [5, 5.41) is 3.01. The van der Waals surface area contributed by atoms with Crippen molar-refractivity contribution in [2.45, 2.75) is 51.1 Å². The maximum absolute atomic E-state index is 12.1. The van der Waals surface area contributed by atoms with Crippen molar-refractivity contribution < 1.29 is 9.53 Å². The number of amides is 1. The van der Waals surface area contributed by atoms with Crippen LogP contribution in [0.4, 0.5) is 0 Å². The molecule has 2 unspecified atom stereocenters. The van der Waals surface area contributed by atoms with Crippen LogP contribution in [0.15, 0.2) is 0 Å². The molecule has 1 fully saturated rings. The number of rotatable bonds is 8. The van der Waals surface area contributed by atoms with Gasteiger partial charge in [-0.05, 0) is 32.7 Å². The number of likely N-dealkylation sites (tertiary alicyclic amines) is 1. The Morgan fingerprint density at radius 2 is 2.32 bits per heavy atom. The van der Waals surface area contributed by atoms with Gasteiger partial charge in [-0.2, -0.15) is 0 Å². The summed E-state index contributed by atoms with van der Waals surface area (Å²) in [6, 6.07) is 0.427. The van der Waals surface area contributed by atoms with E-state index in [9.17, 15) is 4.79 Å². The summed E-state index contributed by atoms with van der Waals surface area (Å²) in [5.74, 6) is -0.0343. The molecule has 0 bridgehead atoms. The Morgan fingerprint density at radius 3 is 2.95 bits per heavy atom. The Labute approximate surface area is 116 Å². The number of methoxy groups -OCH3 is 1. The summed E-state index contributed by atoms with van der Waals surface area (Å²) in [7, 11) is 1.72. The predicted molar refractivity (Wildman–Crippen MR) is 77.0 cm³/mol. The summed E-state index contributed by atoms with van der Waals surface area (Å²) in [4.78, 5) is 14.4. The van der Waals surface area contributed by atoms with Crippen molar-refractivity contribution in [1.29, 1.82) is 0 Å². The number of nitrogens with zero attached hydrogens (tertiary/aromatic N) is 1. The largest absolute Gasteiger partial charge is 0.383 e. The van der Waals surface area contributed by atoms with Crippen LogP contribution in [0.1, 0.15) is 39.5 Å². The average molecular weight is 271 g/mol. The van der Waals surface area contributed by atoms with Gasteiger partial charge in [-0.1, -0.05) is 13.3 Å². The van der Waals surface area contributed by atoms with Crippen LogP contribution < -0.4 is 11.1 Å². The summed E-state index contributed by atoms with van der Waals surface area (Å²) in [6.07, 6.45) is 3.97. The topological polar surface area (TPSA) is 67.6 Å². The first-order valence-electron chi connectivity index (χ1n) is 7.31. The monoisotopic (exact) mass is 271 g/mol. The second-order valence-electron chi connectivity index (χ2n) is 5.70. The summed E-state index contributed by atoms with van der Waals surface area (Å²) in [5.41, 5.74) is 5.28. The molecule has 0 aromatic rings. The molecule has 112 valence electrons. The van der Waals surface area contributed by atoms with E-state index in [0.717, 1.165) is 39.0 Å². The molecule has 0 saturated carbocycles. The maximum atomic E-state index is 12.1. The van der Waals surface area contributed by atoms with E-state index in [1.807, 2.05) is 13.8 Å². The van der Waals surface area contributed by atoms with Gasteiger partial charge >= 0.3 is 0 Å². The average Bonchev–Trinajstić information content (AvgIpc) is 2.80. The van der Waals surface area contributed by atoms with Crippen LogP contribution in [0.3, 0.4) is 0 Å². The van der Waals surface area contributed by atoms with Crippen LogP contribution in [0.25, 0.3) is 0 Å². The molecule has 1 heterocycles. The second-order valence-corrected chi connectivity index (χ2v) is 5.70. The molecular weight excluding hydrogens is 242 g/mol. The van der Waals surface area contributed by atoms with Crippen molar-refractivity contribution >= 4 is 5.91 Å². The quantitative estimate of drug-likeness (QED) is 0.683. The van der Waals surface area contributed by atoms with Gasteiger partial charge in [0.05, 0.1) is 12.1 Å². The summed E-state index contributed by atoms with van der Waals surface area (Å²) >= 11 is 0. The highest BCUT2D eigenvalue weighted by Gasteiger charge is 2.29. The number of nitrogens with two attached hydrogens (primary N) is 1. The number of ether oxygens (including phenoxy) is 1. The van der Waals surface area contributed by atoms with Crippen molar-refractivity contribution in [3.8, 4) is 0 Å². The molecule has 0 aromatic heterocycles. The van der Waals surface area contributed by atoms with E-state index in [1.165, 1.54) is 6.42 Å². The van der Waals surface area contributed by atoms with Gasteiger partial charge in [0.2, 0.25) is 5.91 Å². The number of nitrogens with one attached hydrogen (secondary N) is 1. The van der Waals surface area contributed by atoms with E-state index < -0.39 is 5.54 Å². The van der Waals surface area contributed by atoms with Crippen molar-refractivity contribution in [3.05, 3.63) is 0 Å². The zero-order valence-corrected chi connectivity index (χ0v) is 12.6. The fraction of sp³-hybridized carbons (Fsp3) is 0.929. The van der Waals surface area contributed by atoms with Crippen molar-refractivity contribution in [2.75, 3.05) is 33.4 Å². The van der Waals surface area contributed by atoms with Gasteiger partial charge in [0.15, 0.2) is 0 Å². The third-order valence-electron chi connectivity index (χ3n) is 3.87. The van der Waals surface area contributed by atoms with E-state index in [-0.39, 0.29) is 5.91 Å².